The zero-order valence-electron chi connectivity index (χ0n) is 35.4. The first-order valence-electron chi connectivity index (χ1n) is 22.5. The Labute approximate surface area is 355 Å². The van der Waals surface area contributed by atoms with E-state index in [-0.39, 0.29) is 0 Å². The van der Waals surface area contributed by atoms with Crippen molar-refractivity contribution in [3.05, 3.63) is 45.1 Å². The van der Waals surface area contributed by atoms with Crippen LogP contribution in [0.4, 0.5) is 0 Å². The second-order valence-corrected chi connectivity index (χ2v) is 20.4. The summed E-state index contributed by atoms with van der Waals surface area (Å²) in [6.07, 6.45) is 29.1. The van der Waals surface area contributed by atoms with Gasteiger partial charge in [-0.25, -0.2) is 0 Å². The van der Waals surface area contributed by atoms with Crippen molar-refractivity contribution < 1.29 is 0 Å². The summed E-state index contributed by atoms with van der Waals surface area (Å²) in [5, 5.41) is 2.33. The van der Waals surface area contributed by atoms with Crippen molar-refractivity contribution in [3.63, 3.8) is 0 Å². The molecule has 2 aromatic carbocycles. The number of hydrogen-bond donors (Lipinski definition) is 0. The van der Waals surface area contributed by atoms with Crippen molar-refractivity contribution in [1.29, 1.82) is 0 Å². The van der Waals surface area contributed by atoms with Crippen LogP contribution in [0.15, 0.2) is 24.3 Å². The Morgan fingerprint density at radius 2 is 0.768 bits per heavy atom. The Morgan fingerprint density at radius 3 is 1.11 bits per heavy atom. The Bertz CT molecular complexity index is 1910. The van der Waals surface area contributed by atoms with Crippen molar-refractivity contribution >= 4 is 79.0 Å². The van der Waals surface area contributed by atoms with Gasteiger partial charge in [-0.05, 0) is 73.9 Å². The lowest BCUT2D eigenvalue weighted by molar-refractivity contribution is 0.404. The average Bonchev–Trinajstić information content (AvgIpc) is 4.02. The minimum Gasteiger partial charge on any atom is -0.172 e. The molecule has 0 N–H and O–H groups in total. The van der Waals surface area contributed by atoms with Gasteiger partial charge in [0.1, 0.15) is 22.1 Å². The van der Waals surface area contributed by atoms with Crippen LogP contribution in [0.3, 0.4) is 0 Å². The molecule has 0 aliphatic carbocycles. The molecule has 0 saturated carbocycles. The maximum Gasteiger partial charge on any atom is 0.114 e. The van der Waals surface area contributed by atoms with Gasteiger partial charge in [-0.1, -0.05) is 156 Å². The largest absolute Gasteiger partial charge is 0.172 e. The lowest BCUT2D eigenvalue weighted by atomic mass is 9.87. The second-order valence-electron chi connectivity index (χ2n) is 16.8. The van der Waals surface area contributed by atoms with Crippen LogP contribution in [0, 0.1) is 25.7 Å². The molecule has 0 fully saturated rings. The molecule has 0 saturated heterocycles. The summed E-state index contributed by atoms with van der Waals surface area (Å²) in [7, 11) is 0. The summed E-state index contributed by atoms with van der Waals surface area (Å²) in [4.78, 5) is 5.53. The average molecular weight is 829 g/mol. The molecule has 0 aliphatic heterocycles. The number of aromatic nitrogens is 4. The van der Waals surface area contributed by atoms with E-state index in [4.69, 9.17) is 17.5 Å². The molecule has 304 valence electrons. The smallest absolute Gasteiger partial charge is 0.114 e. The van der Waals surface area contributed by atoms with E-state index < -0.39 is 0 Å². The highest BCUT2D eigenvalue weighted by Gasteiger charge is 2.25. The summed E-state index contributed by atoms with van der Waals surface area (Å²) in [5.74, 6) is 1.46. The Hall–Kier alpha value is -2.26. The standard InChI is InChI=1S/C48H68N4S4/c1-7-11-15-19-23-35(24-20-16-12-8-2)29-37-27-33(5)53-47(37)41-31-39-40(43-45(41)51-55-49-43)32-42(46-44(39)50-56-52-46)48-38(28-34(6)54-48)30-36(25-21-17-13-9-3)26-22-18-14-10-4/h27-28,31-32,35-36H,7-26,29-30H2,1-6H3. The molecule has 4 heterocycles. The van der Waals surface area contributed by atoms with Crippen LogP contribution in [-0.2, 0) is 12.8 Å². The number of unbranched alkanes of at least 4 members (excludes halogenated alkanes) is 12. The first kappa shape index (κ1) is 43.3. The van der Waals surface area contributed by atoms with Crippen LogP contribution in [0.1, 0.15) is 177 Å². The maximum absolute atomic E-state index is 5.04. The minimum atomic E-state index is 0.730. The monoisotopic (exact) mass is 828 g/mol. The van der Waals surface area contributed by atoms with Crippen LogP contribution in [-0.4, -0.2) is 17.5 Å². The molecule has 4 nitrogen and oxygen atoms in total. The molecule has 0 amide bonds. The third kappa shape index (κ3) is 11.1. The van der Waals surface area contributed by atoms with E-state index in [1.165, 1.54) is 204 Å². The van der Waals surface area contributed by atoms with Gasteiger partial charge in [0, 0.05) is 41.4 Å². The first-order chi connectivity index (χ1) is 27.4. The minimum absolute atomic E-state index is 0.730. The lowest BCUT2D eigenvalue weighted by Gasteiger charge is -2.18. The molecule has 0 atom stereocenters. The maximum atomic E-state index is 5.04. The molecule has 0 aliphatic rings. The number of aryl methyl sites for hydroxylation is 2. The van der Waals surface area contributed by atoms with E-state index in [0.717, 1.165) is 46.7 Å². The van der Waals surface area contributed by atoms with Gasteiger partial charge in [-0.2, -0.15) is 17.5 Å². The molecule has 0 bridgehead atoms. The van der Waals surface area contributed by atoms with Crippen molar-refractivity contribution in [3.8, 4) is 20.9 Å². The molecule has 4 aromatic heterocycles. The second kappa shape index (κ2) is 22.2. The van der Waals surface area contributed by atoms with Crippen LogP contribution in [0.2, 0.25) is 0 Å². The highest BCUT2D eigenvalue weighted by atomic mass is 32.1. The van der Waals surface area contributed by atoms with E-state index >= 15 is 0 Å². The normalized spacial score (nSPS) is 12.2. The Balaban J connectivity index is 1.36. The zero-order valence-corrected chi connectivity index (χ0v) is 38.7. The SMILES string of the molecule is CCCCCCC(CCCCCC)Cc1cc(C)sc1-c1cc2c(cc(-c3sc(C)cc3CC(CCCCCC)CCCCCC)c3nsnc32)c2nsnc12. The molecule has 0 radical (unpaired) electrons. The number of nitrogens with zero attached hydrogens (tertiary/aromatic N) is 4. The third-order valence-corrected chi connectivity index (χ3v) is 15.4. The number of benzene rings is 2. The fourth-order valence-electron chi connectivity index (χ4n) is 9.05. The molecular weight excluding hydrogens is 761 g/mol. The van der Waals surface area contributed by atoms with Crippen molar-refractivity contribution in [2.24, 2.45) is 11.8 Å². The van der Waals surface area contributed by atoms with E-state index in [1.807, 2.05) is 22.7 Å². The van der Waals surface area contributed by atoms with E-state index in [2.05, 4.69) is 65.8 Å². The quantitative estimate of drug-likeness (QED) is 0.0511. The van der Waals surface area contributed by atoms with Gasteiger partial charge in [-0.3, -0.25) is 0 Å². The fourth-order valence-corrected chi connectivity index (χ4v) is 12.3. The molecule has 6 rings (SSSR count). The summed E-state index contributed by atoms with van der Waals surface area (Å²) in [6.45, 7) is 13.8. The van der Waals surface area contributed by atoms with Gasteiger partial charge in [0.2, 0.25) is 0 Å². The Kier molecular flexibility index (Phi) is 17.2. The topological polar surface area (TPSA) is 51.6 Å². The summed E-state index contributed by atoms with van der Waals surface area (Å²) >= 11 is 6.59. The molecule has 0 unspecified atom stereocenters. The van der Waals surface area contributed by atoms with Crippen LogP contribution >= 0.6 is 46.1 Å². The van der Waals surface area contributed by atoms with E-state index in [0.29, 0.717) is 0 Å². The van der Waals surface area contributed by atoms with E-state index in [1.54, 1.807) is 0 Å². The lowest BCUT2D eigenvalue weighted by Crippen LogP contribution is -2.06. The molecule has 6 aromatic rings. The van der Waals surface area contributed by atoms with Crippen LogP contribution in [0.5, 0.6) is 0 Å². The molecule has 8 heteroatoms. The molecular formula is C48H68N4S4. The number of fused-ring (bicyclic) bond motifs is 5. The van der Waals surface area contributed by atoms with Crippen molar-refractivity contribution in [1.82, 2.24) is 17.5 Å². The predicted octanol–water partition coefficient (Wildman–Crippen LogP) is 17.1. The number of thiophene rings is 2. The number of hydrogen-bond acceptors (Lipinski definition) is 8. The van der Waals surface area contributed by atoms with Gasteiger partial charge in [0.25, 0.3) is 0 Å². The van der Waals surface area contributed by atoms with Crippen molar-refractivity contribution in [2.75, 3.05) is 0 Å². The first-order valence-corrected chi connectivity index (χ1v) is 25.6. The fraction of sp³-hybridized carbons (Fsp3) is 0.625. The predicted molar refractivity (Wildman–Crippen MR) is 251 cm³/mol. The third-order valence-electron chi connectivity index (χ3n) is 12.1. The van der Waals surface area contributed by atoms with Gasteiger partial charge >= 0.3 is 0 Å². The van der Waals surface area contributed by atoms with Gasteiger partial charge in [0.15, 0.2) is 0 Å². The molecule has 0 spiro atoms. The van der Waals surface area contributed by atoms with Gasteiger partial charge < -0.3 is 0 Å². The molecule has 56 heavy (non-hydrogen) atoms. The van der Waals surface area contributed by atoms with Crippen LogP contribution in [0.25, 0.3) is 53.7 Å². The van der Waals surface area contributed by atoms with Gasteiger partial charge in [-0.15, -0.1) is 22.7 Å². The highest BCUT2D eigenvalue weighted by Crippen LogP contribution is 2.46. The van der Waals surface area contributed by atoms with Gasteiger partial charge in [0.05, 0.1) is 23.5 Å². The number of rotatable bonds is 26. The van der Waals surface area contributed by atoms with Crippen molar-refractivity contribution in [2.45, 2.75) is 183 Å². The van der Waals surface area contributed by atoms with Crippen LogP contribution < -0.4 is 0 Å². The summed E-state index contributed by atoms with van der Waals surface area (Å²) in [5.41, 5.74) is 9.59. The summed E-state index contributed by atoms with van der Waals surface area (Å²) < 4.78 is 20.2. The van der Waals surface area contributed by atoms with E-state index in [9.17, 15) is 0 Å². The Morgan fingerprint density at radius 1 is 0.429 bits per heavy atom. The summed E-state index contributed by atoms with van der Waals surface area (Å²) in [6, 6.07) is 9.77. The highest BCUT2D eigenvalue weighted by molar-refractivity contribution is 7.16. The zero-order chi connectivity index (χ0) is 39.3.